The average Bonchev–Trinajstić information content (AvgIpc) is 2.84. The van der Waals surface area contributed by atoms with Gasteiger partial charge in [0, 0.05) is 13.1 Å². The van der Waals surface area contributed by atoms with Gasteiger partial charge in [-0.2, -0.15) is 0 Å². The molecule has 0 saturated heterocycles. The van der Waals surface area contributed by atoms with Gasteiger partial charge in [-0.25, -0.2) is 22.2 Å². The molecule has 0 aliphatic rings. The molecule has 5 nitrogen and oxygen atoms in total. The van der Waals surface area contributed by atoms with E-state index in [2.05, 4.69) is 9.71 Å². The van der Waals surface area contributed by atoms with Crippen LogP contribution in [0, 0.1) is 11.6 Å². The number of hydrogen-bond acceptors (Lipinski definition) is 3. The van der Waals surface area contributed by atoms with Crippen molar-refractivity contribution in [2.24, 2.45) is 7.05 Å². The van der Waals surface area contributed by atoms with Gasteiger partial charge in [0.25, 0.3) is 10.0 Å². The summed E-state index contributed by atoms with van der Waals surface area (Å²) in [6, 6.07) is 7.25. The van der Waals surface area contributed by atoms with Crippen LogP contribution in [-0.4, -0.2) is 18.0 Å². The van der Waals surface area contributed by atoms with Crippen LogP contribution in [0.15, 0.2) is 47.6 Å². The molecule has 114 valence electrons. The number of nitrogens with zero attached hydrogens (tertiary/aromatic N) is 2. The summed E-state index contributed by atoms with van der Waals surface area (Å²) in [6.45, 7) is 0. The van der Waals surface area contributed by atoms with Crippen molar-refractivity contribution in [1.82, 2.24) is 9.55 Å². The summed E-state index contributed by atoms with van der Waals surface area (Å²) < 4.78 is 54.6. The van der Waals surface area contributed by atoms with Gasteiger partial charge >= 0.3 is 0 Å². The first kappa shape index (κ1) is 14.5. The Morgan fingerprint density at radius 2 is 1.86 bits per heavy atom. The molecule has 1 aromatic heterocycles. The molecule has 22 heavy (non-hydrogen) atoms. The second-order valence-electron chi connectivity index (χ2n) is 4.74. The van der Waals surface area contributed by atoms with Crippen LogP contribution >= 0.6 is 0 Å². The van der Waals surface area contributed by atoms with Crippen LogP contribution in [0.2, 0.25) is 0 Å². The van der Waals surface area contributed by atoms with E-state index in [4.69, 9.17) is 0 Å². The maximum Gasteiger partial charge on any atom is 0.261 e. The van der Waals surface area contributed by atoms with E-state index in [-0.39, 0.29) is 10.6 Å². The number of imidazole rings is 1. The Bertz CT molecular complexity index is 967. The molecule has 0 spiro atoms. The molecular formula is C14H11F2N3O2S. The van der Waals surface area contributed by atoms with Gasteiger partial charge < -0.3 is 4.57 Å². The number of sulfonamides is 1. The van der Waals surface area contributed by atoms with Crippen LogP contribution in [0.1, 0.15) is 0 Å². The van der Waals surface area contributed by atoms with Crippen molar-refractivity contribution in [2.75, 3.05) is 4.72 Å². The minimum Gasteiger partial charge on any atom is -0.334 e. The molecule has 1 N–H and O–H groups in total. The Hall–Kier alpha value is -2.48. The lowest BCUT2D eigenvalue weighted by atomic mass is 10.3. The lowest BCUT2D eigenvalue weighted by Gasteiger charge is -2.08. The van der Waals surface area contributed by atoms with Crippen LogP contribution in [0.25, 0.3) is 11.0 Å². The minimum absolute atomic E-state index is 0.0107. The number of aryl methyl sites for hydroxylation is 1. The minimum atomic E-state index is -3.91. The average molecular weight is 323 g/mol. The first-order valence-electron chi connectivity index (χ1n) is 6.26. The number of fused-ring (bicyclic) bond motifs is 1. The summed E-state index contributed by atoms with van der Waals surface area (Å²) in [5, 5.41) is 0. The molecule has 0 radical (unpaired) electrons. The fraction of sp³-hybridized carbons (Fsp3) is 0.0714. The highest BCUT2D eigenvalue weighted by Gasteiger charge is 2.16. The summed E-state index contributed by atoms with van der Waals surface area (Å²) >= 11 is 0. The number of rotatable bonds is 3. The Labute approximate surface area is 125 Å². The van der Waals surface area contributed by atoms with Gasteiger partial charge in [-0.1, -0.05) is 0 Å². The van der Waals surface area contributed by atoms with Crippen molar-refractivity contribution >= 4 is 26.7 Å². The molecule has 0 aliphatic carbocycles. The normalized spacial score (nSPS) is 11.8. The fourth-order valence-electron chi connectivity index (χ4n) is 2.06. The van der Waals surface area contributed by atoms with Crippen LogP contribution in [-0.2, 0) is 17.1 Å². The largest absolute Gasteiger partial charge is 0.334 e. The first-order chi connectivity index (χ1) is 10.4. The van der Waals surface area contributed by atoms with Crippen LogP contribution in [0.5, 0.6) is 0 Å². The summed E-state index contributed by atoms with van der Waals surface area (Å²) in [6.07, 6.45) is 1.57. The second kappa shape index (κ2) is 5.06. The monoisotopic (exact) mass is 323 g/mol. The van der Waals surface area contributed by atoms with Crippen LogP contribution in [0.3, 0.4) is 0 Å². The lowest BCUT2D eigenvalue weighted by Crippen LogP contribution is -2.13. The van der Waals surface area contributed by atoms with Gasteiger partial charge in [-0.3, -0.25) is 4.72 Å². The molecule has 2 aromatic carbocycles. The molecule has 1 heterocycles. The zero-order chi connectivity index (χ0) is 15.9. The Morgan fingerprint density at radius 1 is 1.09 bits per heavy atom. The number of hydrogen-bond donors (Lipinski definition) is 1. The zero-order valence-electron chi connectivity index (χ0n) is 11.4. The van der Waals surface area contributed by atoms with Crippen molar-refractivity contribution < 1.29 is 17.2 Å². The lowest BCUT2D eigenvalue weighted by molar-refractivity contribution is 0.509. The van der Waals surface area contributed by atoms with E-state index in [1.54, 1.807) is 24.0 Å². The van der Waals surface area contributed by atoms with Gasteiger partial charge in [0.2, 0.25) is 0 Å². The van der Waals surface area contributed by atoms with E-state index in [0.29, 0.717) is 5.52 Å². The fourth-order valence-corrected chi connectivity index (χ4v) is 3.13. The van der Waals surface area contributed by atoms with Crippen LogP contribution < -0.4 is 4.72 Å². The quantitative estimate of drug-likeness (QED) is 0.806. The molecule has 8 heteroatoms. The van der Waals surface area contributed by atoms with Crippen molar-refractivity contribution in [3.8, 4) is 0 Å². The highest BCUT2D eigenvalue weighted by atomic mass is 32.2. The molecule has 3 aromatic rings. The molecule has 0 unspecified atom stereocenters. The molecule has 0 aliphatic heterocycles. The van der Waals surface area contributed by atoms with Gasteiger partial charge in [0.15, 0.2) is 11.6 Å². The standard InChI is InChI=1S/C14H11F2N3O2S/c1-19-8-17-13-7-10(3-5-14(13)19)22(20,21)18-9-2-4-11(15)12(16)6-9/h2-8,18H,1H3. The second-order valence-corrected chi connectivity index (χ2v) is 6.42. The van der Waals surface area contributed by atoms with Crippen molar-refractivity contribution in [3.05, 3.63) is 54.4 Å². The number of benzene rings is 2. The molecule has 0 fully saturated rings. The van der Waals surface area contributed by atoms with Crippen molar-refractivity contribution in [1.29, 1.82) is 0 Å². The van der Waals surface area contributed by atoms with Gasteiger partial charge in [-0.15, -0.1) is 0 Å². The van der Waals surface area contributed by atoms with Crippen molar-refractivity contribution in [2.45, 2.75) is 4.90 Å². The highest BCUT2D eigenvalue weighted by molar-refractivity contribution is 7.92. The summed E-state index contributed by atoms with van der Waals surface area (Å²) in [7, 11) is -2.12. The van der Waals surface area contributed by atoms with Crippen molar-refractivity contribution in [3.63, 3.8) is 0 Å². The smallest absolute Gasteiger partial charge is 0.261 e. The van der Waals surface area contributed by atoms with E-state index in [9.17, 15) is 17.2 Å². The molecule has 3 rings (SSSR count). The SMILES string of the molecule is Cn1cnc2cc(S(=O)(=O)Nc3ccc(F)c(F)c3)ccc21. The highest BCUT2D eigenvalue weighted by Crippen LogP contribution is 2.21. The summed E-state index contributed by atoms with van der Waals surface area (Å²) in [5.74, 6) is -2.17. The molecule has 0 bridgehead atoms. The first-order valence-corrected chi connectivity index (χ1v) is 7.74. The third-order valence-corrected chi connectivity index (χ3v) is 4.56. The van der Waals surface area contributed by atoms with Crippen LogP contribution in [0.4, 0.5) is 14.5 Å². The molecule has 0 atom stereocenters. The Morgan fingerprint density at radius 3 is 2.59 bits per heavy atom. The predicted molar refractivity (Wildman–Crippen MR) is 77.9 cm³/mol. The topological polar surface area (TPSA) is 64.0 Å². The Kier molecular flexibility index (Phi) is 3.32. The van der Waals surface area contributed by atoms with E-state index in [0.717, 1.165) is 23.7 Å². The summed E-state index contributed by atoms with van der Waals surface area (Å²) in [4.78, 5) is 4.08. The van der Waals surface area contributed by atoms with E-state index < -0.39 is 21.7 Å². The van der Waals surface area contributed by atoms with Gasteiger partial charge in [-0.05, 0) is 30.3 Å². The molecule has 0 saturated carbocycles. The van der Waals surface area contributed by atoms with E-state index >= 15 is 0 Å². The number of nitrogens with one attached hydrogen (secondary N) is 1. The maximum atomic E-state index is 13.1. The number of halogens is 2. The third kappa shape index (κ3) is 2.52. The third-order valence-electron chi connectivity index (χ3n) is 3.18. The predicted octanol–water partition coefficient (Wildman–Crippen LogP) is 2.65. The molecular weight excluding hydrogens is 312 g/mol. The Balaban J connectivity index is 1.98. The summed E-state index contributed by atoms with van der Waals surface area (Å²) in [5.41, 5.74) is 1.25. The van der Waals surface area contributed by atoms with Gasteiger partial charge in [0.1, 0.15) is 0 Å². The number of aromatic nitrogens is 2. The van der Waals surface area contributed by atoms with E-state index in [1.807, 2.05) is 0 Å². The number of anilines is 1. The molecule has 0 amide bonds. The maximum absolute atomic E-state index is 13.1. The zero-order valence-corrected chi connectivity index (χ0v) is 12.2. The van der Waals surface area contributed by atoms with E-state index in [1.165, 1.54) is 12.1 Å². The van der Waals surface area contributed by atoms with Gasteiger partial charge in [0.05, 0.1) is 27.9 Å².